The molecule has 0 aliphatic heterocycles. The molecule has 5 nitrogen and oxygen atoms in total. The Kier molecular flexibility index (Phi) is 3.70. The van der Waals surface area contributed by atoms with Gasteiger partial charge in [-0.1, -0.05) is 6.92 Å². The van der Waals surface area contributed by atoms with Gasteiger partial charge in [0.15, 0.2) is 0 Å². The van der Waals surface area contributed by atoms with Crippen LogP contribution in [0.4, 0.5) is 0 Å². The van der Waals surface area contributed by atoms with Gasteiger partial charge in [0.05, 0.1) is 23.1 Å². The summed E-state index contributed by atoms with van der Waals surface area (Å²) < 4.78 is 2.07. The molecule has 0 radical (unpaired) electrons. The second-order valence-electron chi connectivity index (χ2n) is 4.80. The molecule has 108 valence electrons. The van der Waals surface area contributed by atoms with Crippen molar-refractivity contribution in [1.29, 1.82) is 0 Å². The number of nitrogens with zero attached hydrogens (tertiary/aromatic N) is 3. The first-order valence-electron chi connectivity index (χ1n) is 6.80. The van der Waals surface area contributed by atoms with Gasteiger partial charge in [-0.05, 0) is 24.6 Å². The van der Waals surface area contributed by atoms with Crippen LogP contribution in [0.5, 0.6) is 0 Å². The summed E-state index contributed by atoms with van der Waals surface area (Å²) in [6.07, 6.45) is 3.64. The monoisotopic (exact) mass is 301 g/mol. The molecule has 3 aromatic rings. The van der Waals surface area contributed by atoms with Gasteiger partial charge in [-0.15, -0.1) is 11.3 Å². The van der Waals surface area contributed by atoms with Gasteiger partial charge in [0.2, 0.25) is 0 Å². The fraction of sp³-hybridized carbons (Fsp3) is 0.267. The van der Waals surface area contributed by atoms with E-state index >= 15 is 0 Å². The lowest BCUT2D eigenvalue weighted by Gasteiger charge is -2.07. The zero-order chi connectivity index (χ0) is 14.8. The predicted molar refractivity (Wildman–Crippen MR) is 81.9 cm³/mol. The molecule has 1 N–H and O–H groups in total. The summed E-state index contributed by atoms with van der Waals surface area (Å²) in [5, 5.41) is 12.1. The lowest BCUT2D eigenvalue weighted by molar-refractivity contribution is 0.0697. The lowest BCUT2D eigenvalue weighted by Crippen LogP contribution is -2.05. The number of carboxylic acid groups (broad SMARTS) is 1. The first-order chi connectivity index (χ1) is 10.2. The second-order valence-corrected chi connectivity index (χ2v) is 5.78. The molecule has 0 saturated carbocycles. The molecule has 0 saturated heterocycles. The van der Waals surface area contributed by atoms with E-state index in [2.05, 4.69) is 21.5 Å². The number of aromatic nitrogens is 3. The molecule has 2 heterocycles. The van der Waals surface area contributed by atoms with Crippen molar-refractivity contribution in [1.82, 2.24) is 14.5 Å². The molecule has 0 unspecified atom stereocenters. The third kappa shape index (κ3) is 2.67. The van der Waals surface area contributed by atoms with Crippen LogP contribution in [0.1, 0.15) is 34.5 Å². The molecule has 6 heteroatoms. The predicted octanol–water partition coefficient (Wildman–Crippen LogP) is 3.19. The fourth-order valence-corrected chi connectivity index (χ4v) is 2.97. The van der Waals surface area contributed by atoms with Crippen LogP contribution in [0.3, 0.4) is 0 Å². The minimum absolute atomic E-state index is 0.283. The van der Waals surface area contributed by atoms with Gasteiger partial charge >= 0.3 is 5.97 Å². The van der Waals surface area contributed by atoms with Gasteiger partial charge in [0.25, 0.3) is 0 Å². The van der Waals surface area contributed by atoms with Crippen molar-refractivity contribution >= 4 is 28.3 Å². The zero-order valence-corrected chi connectivity index (χ0v) is 12.4. The number of benzene rings is 1. The molecule has 1 aromatic carbocycles. The summed E-state index contributed by atoms with van der Waals surface area (Å²) in [5.74, 6) is 0.0566. The van der Waals surface area contributed by atoms with Gasteiger partial charge in [0.1, 0.15) is 10.8 Å². The Morgan fingerprint density at radius 2 is 2.29 bits per heavy atom. The summed E-state index contributed by atoms with van der Waals surface area (Å²) in [7, 11) is 0. The van der Waals surface area contributed by atoms with Crippen molar-refractivity contribution < 1.29 is 9.90 Å². The molecular weight excluding hydrogens is 286 g/mol. The highest BCUT2D eigenvalue weighted by Crippen LogP contribution is 2.21. The first kappa shape index (κ1) is 13.8. The average molecular weight is 301 g/mol. The topological polar surface area (TPSA) is 68.0 Å². The quantitative estimate of drug-likeness (QED) is 0.786. The molecule has 21 heavy (non-hydrogen) atoms. The zero-order valence-electron chi connectivity index (χ0n) is 11.6. The van der Waals surface area contributed by atoms with E-state index in [0.717, 1.165) is 34.7 Å². The minimum atomic E-state index is -0.920. The van der Waals surface area contributed by atoms with Gasteiger partial charge in [-0.2, -0.15) is 0 Å². The van der Waals surface area contributed by atoms with E-state index in [9.17, 15) is 4.79 Å². The van der Waals surface area contributed by atoms with Crippen molar-refractivity contribution in [3.05, 3.63) is 46.2 Å². The number of imidazole rings is 1. The van der Waals surface area contributed by atoms with Crippen LogP contribution >= 0.6 is 11.3 Å². The van der Waals surface area contributed by atoms with Gasteiger partial charge in [-0.25, -0.2) is 14.8 Å². The number of carbonyl (C=O) groups is 1. The van der Waals surface area contributed by atoms with Crippen LogP contribution in [0.25, 0.3) is 11.0 Å². The van der Waals surface area contributed by atoms with Gasteiger partial charge < -0.3 is 9.67 Å². The highest BCUT2D eigenvalue weighted by molar-refractivity contribution is 7.09. The first-order valence-corrected chi connectivity index (χ1v) is 7.68. The van der Waals surface area contributed by atoms with E-state index in [0.29, 0.717) is 6.54 Å². The maximum Gasteiger partial charge on any atom is 0.335 e. The van der Waals surface area contributed by atoms with E-state index in [1.807, 2.05) is 5.38 Å². The summed E-state index contributed by atoms with van der Waals surface area (Å²) in [5.41, 5.74) is 1.97. The number of rotatable bonds is 5. The standard InChI is InChI=1S/C15H15N3O2S/c1-2-3-13-17-11-5-4-10(15(19)20)8-12(11)18(13)9-14-16-6-7-21-14/h4-8H,2-3,9H2,1H3,(H,19,20). The number of thiazole rings is 1. The number of carboxylic acids is 1. The van der Waals surface area contributed by atoms with E-state index in [-0.39, 0.29) is 5.56 Å². The van der Waals surface area contributed by atoms with Crippen molar-refractivity contribution in [3.63, 3.8) is 0 Å². The Labute approximate surface area is 125 Å². The average Bonchev–Trinajstić information content (AvgIpc) is 3.08. The summed E-state index contributed by atoms with van der Waals surface area (Å²) in [6, 6.07) is 5.06. The smallest absolute Gasteiger partial charge is 0.335 e. The summed E-state index contributed by atoms with van der Waals surface area (Å²) in [6.45, 7) is 2.74. The van der Waals surface area contributed by atoms with E-state index in [1.165, 1.54) is 0 Å². The highest BCUT2D eigenvalue weighted by atomic mass is 32.1. The number of hydrogen-bond acceptors (Lipinski definition) is 4. The molecule has 0 amide bonds. The third-order valence-electron chi connectivity index (χ3n) is 3.32. The minimum Gasteiger partial charge on any atom is -0.478 e. The van der Waals surface area contributed by atoms with E-state index in [1.54, 1.807) is 35.7 Å². The Morgan fingerprint density at radius 3 is 2.95 bits per heavy atom. The van der Waals surface area contributed by atoms with Crippen molar-refractivity contribution in [2.45, 2.75) is 26.3 Å². The summed E-state index contributed by atoms with van der Waals surface area (Å²) >= 11 is 1.59. The van der Waals surface area contributed by atoms with Crippen molar-refractivity contribution in [2.75, 3.05) is 0 Å². The lowest BCUT2D eigenvalue weighted by atomic mass is 10.2. The molecule has 2 aromatic heterocycles. The second kappa shape index (κ2) is 5.65. The third-order valence-corrected chi connectivity index (χ3v) is 4.09. The number of fused-ring (bicyclic) bond motifs is 1. The Bertz CT molecular complexity index is 778. The normalized spacial score (nSPS) is 11.1. The maximum atomic E-state index is 11.2. The van der Waals surface area contributed by atoms with E-state index in [4.69, 9.17) is 5.11 Å². The SMILES string of the molecule is CCCc1nc2ccc(C(=O)O)cc2n1Cc1nccs1. The van der Waals surface area contributed by atoms with Crippen LogP contribution in [0.2, 0.25) is 0 Å². The Hall–Kier alpha value is -2.21. The molecule has 0 bridgehead atoms. The maximum absolute atomic E-state index is 11.2. The highest BCUT2D eigenvalue weighted by Gasteiger charge is 2.14. The van der Waals surface area contributed by atoms with Gasteiger partial charge in [-0.3, -0.25) is 0 Å². The largest absolute Gasteiger partial charge is 0.478 e. The van der Waals surface area contributed by atoms with Crippen LogP contribution in [0.15, 0.2) is 29.8 Å². The number of aromatic carboxylic acids is 1. The van der Waals surface area contributed by atoms with Crippen molar-refractivity contribution in [2.24, 2.45) is 0 Å². The molecule has 0 atom stereocenters. The number of aryl methyl sites for hydroxylation is 1. The van der Waals surface area contributed by atoms with Crippen LogP contribution in [0, 0.1) is 0 Å². The van der Waals surface area contributed by atoms with E-state index < -0.39 is 5.97 Å². The molecule has 3 rings (SSSR count). The molecule has 0 fully saturated rings. The van der Waals surface area contributed by atoms with Gasteiger partial charge in [0, 0.05) is 18.0 Å². The molecule has 0 aliphatic rings. The molecule has 0 spiro atoms. The Morgan fingerprint density at radius 1 is 1.43 bits per heavy atom. The fourth-order valence-electron chi connectivity index (χ4n) is 2.36. The van der Waals surface area contributed by atoms with Crippen molar-refractivity contribution in [3.8, 4) is 0 Å². The molecular formula is C15H15N3O2S. The number of hydrogen-bond donors (Lipinski definition) is 1. The molecule has 0 aliphatic carbocycles. The van der Waals surface area contributed by atoms with Crippen LogP contribution in [-0.4, -0.2) is 25.6 Å². The van der Waals surface area contributed by atoms with Crippen LogP contribution < -0.4 is 0 Å². The summed E-state index contributed by atoms with van der Waals surface area (Å²) in [4.78, 5) is 20.1. The van der Waals surface area contributed by atoms with Crippen LogP contribution in [-0.2, 0) is 13.0 Å². The Balaban J connectivity index is 2.13.